The maximum Gasteiger partial charge on any atom is 0.266 e. The minimum Gasteiger partial charge on any atom is -0.352 e. The lowest BCUT2D eigenvalue weighted by Crippen LogP contribution is -2.40. The van der Waals surface area contributed by atoms with Crippen molar-refractivity contribution in [2.24, 2.45) is 0 Å². The Balaban J connectivity index is 1.79. The summed E-state index contributed by atoms with van der Waals surface area (Å²) >= 11 is 6.73. The number of thioether (sulfide) groups is 1. The molecule has 146 valence electrons. The maximum absolute atomic E-state index is 12.6. The number of rotatable bonds is 7. The fourth-order valence-corrected chi connectivity index (χ4v) is 4.03. The van der Waals surface area contributed by atoms with Crippen LogP contribution in [0.3, 0.4) is 0 Å². The average molecular weight is 405 g/mol. The first-order chi connectivity index (χ1) is 12.7. The highest BCUT2D eigenvalue weighted by Crippen LogP contribution is 2.32. The number of carbonyl (C=O) groups excluding carboxylic acids is 2. The molecule has 1 aromatic rings. The Hall–Kier alpha value is -1.66. The molecule has 27 heavy (non-hydrogen) atoms. The van der Waals surface area contributed by atoms with Gasteiger partial charge >= 0.3 is 0 Å². The molecule has 0 unspecified atom stereocenters. The molecule has 0 saturated carbocycles. The zero-order valence-electron chi connectivity index (χ0n) is 16.5. The number of nitrogens with one attached hydrogen (secondary N) is 1. The van der Waals surface area contributed by atoms with Crippen molar-refractivity contribution in [3.05, 3.63) is 40.3 Å². The summed E-state index contributed by atoms with van der Waals surface area (Å²) in [5.74, 6) is 0.0604. The first kappa shape index (κ1) is 21.6. The van der Waals surface area contributed by atoms with Crippen molar-refractivity contribution in [1.82, 2.24) is 10.2 Å². The first-order valence-electron chi connectivity index (χ1n) is 9.29. The number of nitrogens with zero attached hydrogens (tertiary/aromatic N) is 1. The van der Waals surface area contributed by atoms with Gasteiger partial charge < -0.3 is 5.32 Å². The fourth-order valence-electron chi connectivity index (χ4n) is 2.72. The van der Waals surface area contributed by atoms with Gasteiger partial charge in [-0.1, -0.05) is 60.2 Å². The van der Waals surface area contributed by atoms with Crippen molar-refractivity contribution in [2.75, 3.05) is 6.54 Å². The molecule has 4 nitrogen and oxygen atoms in total. The Labute approximate surface area is 171 Å². The maximum atomic E-state index is 12.6. The second kappa shape index (κ2) is 9.51. The molecule has 1 aliphatic heterocycles. The van der Waals surface area contributed by atoms with Gasteiger partial charge in [0.2, 0.25) is 5.91 Å². The zero-order chi connectivity index (χ0) is 20.0. The molecule has 1 N–H and O–H groups in total. The van der Waals surface area contributed by atoms with Crippen LogP contribution in [0.4, 0.5) is 0 Å². The predicted octanol–water partition coefficient (Wildman–Crippen LogP) is 4.67. The van der Waals surface area contributed by atoms with Gasteiger partial charge in [0.15, 0.2) is 0 Å². The lowest BCUT2D eigenvalue weighted by Gasteiger charge is -2.20. The van der Waals surface area contributed by atoms with E-state index in [0.717, 1.165) is 24.8 Å². The number of hydrogen-bond donors (Lipinski definition) is 1. The molecule has 0 radical (unpaired) electrons. The topological polar surface area (TPSA) is 49.4 Å². The van der Waals surface area contributed by atoms with Crippen LogP contribution in [0.5, 0.6) is 0 Å². The average Bonchev–Trinajstić information content (AvgIpc) is 2.82. The molecule has 2 amide bonds. The Morgan fingerprint density at radius 1 is 1.19 bits per heavy atom. The van der Waals surface area contributed by atoms with Gasteiger partial charge in [-0.05, 0) is 52.2 Å². The summed E-state index contributed by atoms with van der Waals surface area (Å²) in [7, 11) is 0. The van der Waals surface area contributed by atoms with E-state index in [1.165, 1.54) is 17.3 Å². The molecule has 0 aromatic heterocycles. The van der Waals surface area contributed by atoms with Gasteiger partial charge in [0, 0.05) is 18.5 Å². The molecule has 1 heterocycles. The molecule has 1 aliphatic rings. The van der Waals surface area contributed by atoms with Crippen LogP contribution < -0.4 is 5.32 Å². The standard InChI is InChI=1S/C21H28N2O2S2/c1-15-9-11-16(12-10-15)14-17-19(25)23(20(26)27-17)13-7-5-6-8-18(24)22-21(2,3)4/h9-12,14H,5-8,13H2,1-4H3,(H,22,24). The number of hydrogen-bond acceptors (Lipinski definition) is 4. The van der Waals surface area contributed by atoms with E-state index in [4.69, 9.17) is 12.2 Å². The minimum atomic E-state index is -0.192. The van der Waals surface area contributed by atoms with Crippen LogP contribution >= 0.6 is 24.0 Å². The van der Waals surface area contributed by atoms with E-state index < -0.39 is 0 Å². The van der Waals surface area contributed by atoms with E-state index in [-0.39, 0.29) is 17.4 Å². The van der Waals surface area contributed by atoms with Gasteiger partial charge in [0.1, 0.15) is 4.32 Å². The highest BCUT2D eigenvalue weighted by atomic mass is 32.2. The van der Waals surface area contributed by atoms with E-state index >= 15 is 0 Å². The lowest BCUT2D eigenvalue weighted by atomic mass is 10.1. The second-order valence-corrected chi connectivity index (χ2v) is 9.53. The van der Waals surface area contributed by atoms with Crippen molar-refractivity contribution < 1.29 is 9.59 Å². The lowest BCUT2D eigenvalue weighted by molar-refractivity contribution is -0.123. The first-order valence-corrected chi connectivity index (χ1v) is 10.5. The molecule has 1 fully saturated rings. The van der Waals surface area contributed by atoms with Crippen LogP contribution in [0, 0.1) is 6.92 Å². The number of aryl methyl sites for hydroxylation is 1. The van der Waals surface area contributed by atoms with Crippen molar-refractivity contribution in [2.45, 2.75) is 58.9 Å². The third-order valence-corrected chi connectivity index (χ3v) is 5.43. The van der Waals surface area contributed by atoms with Gasteiger partial charge in [-0.2, -0.15) is 0 Å². The summed E-state index contributed by atoms with van der Waals surface area (Å²) in [6.45, 7) is 8.57. The number of benzene rings is 1. The Morgan fingerprint density at radius 2 is 1.85 bits per heavy atom. The third-order valence-electron chi connectivity index (χ3n) is 4.05. The largest absolute Gasteiger partial charge is 0.352 e. The SMILES string of the molecule is Cc1ccc(C=C2SC(=S)N(CCCCCC(=O)NC(C)(C)C)C2=O)cc1. The van der Waals surface area contributed by atoms with Crippen LogP contribution in [0.2, 0.25) is 0 Å². The number of unbranched alkanes of at least 4 members (excludes halogenated alkanes) is 2. The number of carbonyl (C=O) groups is 2. The van der Waals surface area contributed by atoms with Crippen LogP contribution in [0.25, 0.3) is 6.08 Å². The van der Waals surface area contributed by atoms with Crippen molar-refractivity contribution in [3.8, 4) is 0 Å². The molecule has 0 aliphatic carbocycles. The van der Waals surface area contributed by atoms with Crippen LogP contribution in [0.1, 0.15) is 57.6 Å². The third kappa shape index (κ3) is 7.11. The Morgan fingerprint density at radius 3 is 2.48 bits per heavy atom. The van der Waals surface area contributed by atoms with Crippen molar-refractivity contribution >= 4 is 46.2 Å². The Kier molecular flexibility index (Phi) is 7.62. The van der Waals surface area contributed by atoms with Gasteiger partial charge in [0.25, 0.3) is 5.91 Å². The van der Waals surface area contributed by atoms with E-state index in [0.29, 0.717) is 22.2 Å². The molecule has 2 rings (SSSR count). The van der Waals surface area contributed by atoms with Crippen LogP contribution in [-0.2, 0) is 9.59 Å². The van der Waals surface area contributed by atoms with E-state index in [2.05, 4.69) is 5.32 Å². The van der Waals surface area contributed by atoms with Crippen LogP contribution in [0.15, 0.2) is 29.2 Å². The molecule has 0 spiro atoms. The quantitative estimate of drug-likeness (QED) is 0.408. The molecule has 1 saturated heterocycles. The number of amides is 2. The summed E-state index contributed by atoms with van der Waals surface area (Å²) in [4.78, 5) is 26.8. The molecule has 6 heteroatoms. The number of thiocarbonyl (C=S) groups is 1. The molecule has 1 aromatic carbocycles. The highest BCUT2D eigenvalue weighted by molar-refractivity contribution is 8.26. The highest BCUT2D eigenvalue weighted by Gasteiger charge is 2.31. The normalized spacial score (nSPS) is 16.3. The summed E-state index contributed by atoms with van der Waals surface area (Å²) < 4.78 is 0.615. The fraction of sp³-hybridized carbons (Fsp3) is 0.476. The summed E-state index contributed by atoms with van der Waals surface area (Å²) in [5, 5.41) is 2.96. The summed E-state index contributed by atoms with van der Waals surface area (Å²) in [6.07, 6.45) is 4.97. The van der Waals surface area contributed by atoms with Gasteiger partial charge in [-0.3, -0.25) is 14.5 Å². The van der Waals surface area contributed by atoms with Crippen LogP contribution in [-0.4, -0.2) is 33.1 Å². The predicted molar refractivity (Wildman–Crippen MR) is 117 cm³/mol. The summed E-state index contributed by atoms with van der Waals surface area (Å²) in [5.41, 5.74) is 2.00. The Bertz CT molecular complexity index is 734. The van der Waals surface area contributed by atoms with Crippen molar-refractivity contribution in [1.29, 1.82) is 0 Å². The van der Waals surface area contributed by atoms with Crippen molar-refractivity contribution in [3.63, 3.8) is 0 Å². The van der Waals surface area contributed by atoms with E-state index in [1.807, 2.05) is 58.0 Å². The van der Waals surface area contributed by atoms with E-state index in [9.17, 15) is 9.59 Å². The molecular weight excluding hydrogens is 376 g/mol. The second-order valence-electron chi connectivity index (χ2n) is 7.85. The van der Waals surface area contributed by atoms with Gasteiger partial charge in [0.05, 0.1) is 4.91 Å². The van der Waals surface area contributed by atoms with Gasteiger partial charge in [-0.25, -0.2) is 0 Å². The van der Waals surface area contributed by atoms with Gasteiger partial charge in [-0.15, -0.1) is 0 Å². The molecule has 0 atom stereocenters. The monoisotopic (exact) mass is 404 g/mol. The van der Waals surface area contributed by atoms with E-state index in [1.54, 1.807) is 4.90 Å². The summed E-state index contributed by atoms with van der Waals surface area (Å²) in [6, 6.07) is 8.07. The minimum absolute atomic E-state index is 0.0175. The molecular formula is C21H28N2O2S2. The molecule has 0 bridgehead atoms. The zero-order valence-corrected chi connectivity index (χ0v) is 18.1. The smallest absolute Gasteiger partial charge is 0.266 e.